The van der Waals surface area contributed by atoms with E-state index in [2.05, 4.69) is 31.9 Å². The lowest BCUT2D eigenvalue weighted by molar-refractivity contribution is -0.138. The summed E-state index contributed by atoms with van der Waals surface area (Å²) in [5.74, 6) is -8.68. The minimum Gasteiger partial charge on any atom is -0.508 e. The molecule has 11 bridgehead atoms. The van der Waals surface area contributed by atoms with Gasteiger partial charge in [0, 0.05) is 28.2 Å². The van der Waals surface area contributed by atoms with E-state index in [0.717, 1.165) is 6.07 Å². The number of amides is 7. The molecule has 81 heavy (non-hydrogen) atoms. The number of nitrogens with zero attached hydrogens (tertiary/aromatic N) is 1. The van der Waals surface area contributed by atoms with Crippen molar-refractivity contribution in [2.75, 3.05) is 14.1 Å². The number of rotatable bonds is 8. The van der Waals surface area contributed by atoms with Crippen molar-refractivity contribution < 1.29 is 68.3 Å². The summed E-state index contributed by atoms with van der Waals surface area (Å²) in [6.07, 6.45) is -1.90. The van der Waals surface area contributed by atoms with Crippen LogP contribution in [0.1, 0.15) is 114 Å². The maximum absolute atomic E-state index is 15.6. The third kappa shape index (κ3) is 12.0. The summed E-state index contributed by atoms with van der Waals surface area (Å²) >= 11 is 0. The van der Waals surface area contributed by atoms with Crippen molar-refractivity contribution in [1.29, 1.82) is 0 Å². The molecule has 0 saturated carbocycles. The third-order valence-electron chi connectivity index (χ3n) is 15.1. The van der Waals surface area contributed by atoms with E-state index in [1.165, 1.54) is 49.4 Å². The lowest BCUT2D eigenvalue weighted by atomic mass is 9.87. The zero-order valence-electron chi connectivity index (χ0n) is 46.1. The number of fused-ring (bicyclic) bond motifs is 15. The van der Waals surface area contributed by atoms with E-state index in [-0.39, 0.29) is 62.1 Å². The highest BCUT2D eigenvalue weighted by atomic mass is 16.5. The van der Waals surface area contributed by atoms with Crippen molar-refractivity contribution in [2.45, 2.75) is 116 Å². The van der Waals surface area contributed by atoms with Gasteiger partial charge in [0.2, 0.25) is 41.4 Å². The van der Waals surface area contributed by atoms with Gasteiger partial charge in [0.15, 0.2) is 0 Å². The molecule has 5 heterocycles. The zero-order chi connectivity index (χ0) is 59.0. The molecule has 5 aromatic rings. The summed E-state index contributed by atoms with van der Waals surface area (Å²) in [5.41, 5.74) is 7.08. The third-order valence-corrected chi connectivity index (χ3v) is 15.1. The first-order valence-corrected chi connectivity index (χ1v) is 26.3. The molecule has 0 spiro atoms. The Morgan fingerprint density at radius 1 is 0.679 bits per heavy atom. The van der Waals surface area contributed by atoms with Gasteiger partial charge < -0.3 is 72.3 Å². The van der Waals surface area contributed by atoms with Crippen molar-refractivity contribution in [2.24, 2.45) is 11.7 Å². The number of hydrogen-bond acceptors (Lipinski definition) is 15. The van der Waals surface area contributed by atoms with Gasteiger partial charge in [-0.15, -0.1) is 0 Å². The second-order valence-corrected chi connectivity index (χ2v) is 21.6. The number of aldehydes is 1. The minimum atomic E-state index is -1.91. The summed E-state index contributed by atoms with van der Waals surface area (Å²) in [4.78, 5) is 117. The predicted molar refractivity (Wildman–Crippen MR) is 294 cm³/mol. The lowest BCUT2D eigenvalue weighted by Crippen LogP contribution is -2.59. The van der Waals surface area contributed by atoms with Crippen LogP contribution in [-0.2, 0) is 38.4 Å². The highest BCUT2D eigenvalue weighted by Gasteiger charge is 2.41. The molecule has 5 aliphatic heterocycles. The van der Waals surface area contributed by atoms with Gasteiger partial charge >= 0.3 is 0 Å². The van der Waals surface area contributed by atoms with Gasteiger partial charge in [0.25, 0.3) is 0 Å². The Labute approximate surface area is 466 Å². The van der Waals surface area contributed by atoms with Crippen molar-refractivity contribution in [3.05, 3.63) is 123 Å². The number of carbonyl (C=O) groups excluding carboxylic acids is 8. The molecule has 10 rings (SSSR count). The number of likely N-dealkylation sites (N-methyl/N-ethyl adjacent to an activating group) is 1. The molecular formula is C59H66N8O14. The first-order valence-electron chi connectivity index (χ1n) is 26.3. The number of aromatic hydroxyl groups is 3. The molecule has 0 aromatic heterocycles. The van der Waals surface area contributed by atoms with E-state index in [1.807, 2.05) is 13.8 Å². The normalized spacial score (nSPS) is 22.4. The van der Waals surface area contributed by atoms with Crippen molar-refractivity contribution in [3.63, 3.8) is 0 Å². The number of carbonyl (C=O) groups is 8. The van der Waals surface area contributed by atoms with Crippen molar-refractivity contribution >= 4 is 47.6 Å². The van der Waals surface area contributed by atoms with Gasteiger partial charge in [-0.2, -0.15) is 0 Å². The van der Waals surface area contributed by atoms with Gasteiger partial charge in [-0.05, 0) is 142 Å². The molecule has 0 aliphatic carbocycles. The number of hydrogen-bond donors (Lipinski definition) is 11. The zero-order valence-corrected chi connectivity index (χ0v) is 46.1. The highest BCUT2D eigenvalue weighted by Crippen LogP contribution is 2.47. The Balaban J connectivity index is 1.36. The van der Waals surface area contributed by atoms with Gasteiger partial charge in [-0.25, -0.2) is 0 Å². The van der Waals surface area contributed by atoms with Crippen LogP contribution in [0.3, 0.4) is 0 Å². The summed E-state index contributed by atoms with van der Waals surface area (Å²) in [6.45, 7) is 11.9. The molecule has 22 heteroatoms. The fraction of sp³-hybridized carbons (Fsp3) is 0.356. The minimum absolute atomic E-state index is 0.0282. The van der Waals surface area contributed by atoms with Crippen LogP contribution in [0.25, 0.3) is 11.1 Å². The first-order chi connectivity index (χ1) is 38.3. The number of aliphatic hydroxyl groups excluding tert-OH is 1. The molecule has 12 N–H and O–H groups in total. The van der Waals surface area contributed by atoms with Gasteiger partial charge in [-0.1, -0.05) is 45.0 Å². The molecule has 0 radical (unpaired) electrons. The van der Waals surface area contributed by atoms with Crippen LogP contribution >= 0.6 is 0 Å². The molecular weight excluding hydrogens is 1040 g/mol. The topological polar surface area (TPSA) is 337 Å². The maximum Gasteiger partial charge on any atom is 0.248 e. The van der Waals surface area contributed by atoms with E-state index in [1.54, 1.807) is 71.0 Å². The van der Waals surface area contributed by atoms with Crippen LogP contribution in [0.4, 0.5) is 0 Å². The number of primary amides is 1. The van der Waals surface area contributed by atoms with Gasteiger partial charge in [-0.3, -0.25) is 38.5 Å². The Morgan fingerprint density at radius 2 is 1.26 bits per heavy atom. The summed E-state index contributed by atoms with van der Waals surface area (Å²) in [5, 5.41) is 62.1. The SMILES string of the molecule is Cc1cc2ccc1Oc1cc3cc(c1C)Oc1ccc(cc1C)C(O)C(NC(=O)C(CC(C)C)N(C)C)C(=O)NC(CC(N)=O)C(=O)NC3C(=O)NC1C(=O)NC(C(=O)NC(C=O)c3cc(O)c(C)c(O)c3-c3cc1ccc3O)C2C. The summed E-state index contributed by atoms with van der Waals surface area (Å²) < 4.78 is 13.2. The van der Waals surface area contributed by atoms with E-state index < -0.39 is 119 Å². The fourth-order valence-corrected chi connectivity index (χ4v) is 10.3. The smallest absolute Gasteiger partial charge is 0.248 e. The maximum atomic E-state index is 15.6. The standard InChI is InChI=1S/C59H66N8O14/c1-25(2)16-39(67(8)9)55(75)66-51-53(73)33-12-15-43(27(4)18-33)81-45-21-34-20-44(30(45)7)80-42-14-11-31(17-26(42)3)28(5)48-56(76)62-38(24-68)35-22-41(70)29(6)52(72)47(35)36-19-32(10-13-40(36)69)49(57(77)63-48)65-58(78)50(34)64-54(74)37(23-46(60)71)61-59(51)79/h10-15,17-22,24-25,28,37-39,48-51,53,69-70,72-73H,16,23H2,1-9H3,(H2,60,71)(H,61,79)(H,62,76)(H,63,77)(H,64,74)(H,65,78)(H,66,75). The van der Waals surface area contributed by atoms with Crippen LogP contribution in [0.5, 0.6) is 40.2 Å². The number of nitrogens with one attached hydrogen (secondary N) is 6. The molecule has 0 saturated heterocycles. The first kappa shape index (κ1) is 58.1. The van der Waals surface area contributed by atoms with E-state index in [9.17, 15) is 49.2 Å². The average molecular weight is 1110 g/mol. The van der Waals surface area contributed by atoms with Crippen LogP contribution in [-0.4, -0.2) is 111 Å². The van der Waals surface area contributed by atoms with Gasteiger partial charge in [0.1, 0.15) is 88.9 Å². The van der Waals surface area contributed by atoms with Crippen LogP contribution in [0, 0.1) is 33.6 Å². The molecule has 0 fully saturated rings. The quantitative estimate of drug-likeness (QED) is 0.0973. The van der Waals surface area contributed by atoms with E-state index in [4.69, 9.17) is 15.2 Å². The number of benzene rings is 5. The van der Waals surface area contributed by atoms with E-state index >= 15 is 9.59 Å². The molecule has 5 aromatic carbocycles. The number of nitrogens with two attached hydrogens (primary N) is 1. The van der Waals surface area contributed by atoms with Crippen molar-refractivity contribution in [3.8, 4) is 51.4 Å². The number of aliphatic hydroxyl groups is 1. The monoisotopic (exact) mass is 1110 g/mol. The molecule has 9 unspecified atom stereocenters. The number of ether oxygens (including phenoxy) is 2. The Bertz CT molecular complexity index is 3400. The van der Waals surface area contributed by atoms with Crippen LogP contribution in [0.15, 0.2) is 72.8 Å². The fourth-order valence-electron chi connectivity index (χ4n) is 10.3. The molecule has 5 aliphatic rings. The van der Waals surface area contributed by atoms with E-state index in [0.29, 0.717) is 40.7 Å². The van der Waals surface area contributed by atoms with Crippen molar-refractivity contribution in [1.82, 2.24) is 36.8 Å². The second kappa shape index (κ2) is 23.4. The largest absolute Gasteiger partial charge is 0.508 e. The number of phenols is 3. The lowest BCUT2D eigenvalue weighted by Gasteiger charge is -2.32. The summed E-state index contributed by atoms with van der Waals surface area (Å²) in [6, 6.07) is 6.10. The summed E-state index contributed by atoms with van der Waals surface area (Å²) in [7, 11) is 3.36. The van der Waals surface area contributed by atoms with Crippen LogP contribution in [0.2, 0.25) is 0 Å². The number of phenolic OH excluding ortho intramolecular Hbond substituents is 3. The van der Waals surface area contributed by atoms with Crippen LogP contribution < -0.4 is 47.1 Å². The number of aryl methyl sites for hydroxylation is 2. The Morgan fingerprint density at radius 3 is 1.85 bits per heavy atom. The Hall–Kier alpha value is -9.02. The van der Waals surface area contributed by atoms with Gasteiger partial charge in [0.05, 0.1) is 12.5 Å². The molecule has 426 valence electrons. The second-order valence-electron chi connectivity index (χ2n) is 21.6. The molecule has 9 atom stereocenters. The Kier molecular flexibility index (Phi) is 16.8. The average Bonchev–Trinajstić information content (AvgIpc) is 3.54. The highest BCUT2D eigenvalue weighted by molar-refractivity contribution is 6.00. The molecule has 7 amide bonds. The predicted octanol–water partition coefficient (Wildman–Crippen LogP) is 4.14. The molecule has 22 nitrogen and oxygen atoms in total.